The number of hydrogen-bond donors (Lipinski definition) is 2. The van der Waals surface area contributed by atoms with Crippen LogP contribution in [0.15, 0.2) is 12.1 Å². The molecular formula is C8H7ClF3N3O. The number of anilines is 1. The molecule has 0 spiro atoms. The lowest BCUT2D eigenvalue weighted by Gasteiger charge is -2.10. The molecule has 1 amide bonds. The zero-order chi connectivity index (χ0) is 12.3. The van der Waals surface area contributed by atoms with E-state index in [1.54, 1.807) is 0 Å². The van der Waals surface area contributed by atoms with Crippen LogP contribution < -0.4 is 10.9 Å². The van der Waals surface area contributed by atoms with Crippen LogP contribution in [0.2, 0.25) is 5.15 Å². The molecule has 4 nitrogen and oxygen atoms in total. The van der Waals surface area contributed by atoms with Gasteiger partial charge in [-0.15, -0.1) is 0 Å². The Bertz CT molecular complexity index is 408. The van der Waals surface area contributed by atoms with Crippen molar-refractivity contribution >= 4 is 23.3 Å². The van der Waals surface area contributed by atoms with E-state index >= 15 is 0 Å². The second-order valence-electron chi connectivity index (χ2n) is 2.87. The number of alkyl halides is 3. The lowest BCUT2D eigenvalue weighted by atomic mass is 10.2. The average molecular weight is 254 g/mol. The molecule has 16 heavy (non-hydrogen) atoms. The van der Waals surface area contributed by atoms with E-state index in [-0.39, 0.29) is 11.0 Å². The minimum absolute atomic E-state index is 0.185. The van der Waals surface area contributed by atoms with Crippen molar-refractivity contribution in [1.82, 2.24) is 10.4 Å². The highest BCUT2D eigenvalue weighted by Gasteiger charge is 2.31. The molecule has 8 heteroatoms. The van der Waals surface area contributed by atoms with Crippen molar-refractivity contribution in [2.45, 2.75) is 13.1 Å². The maximum absolute atomic E-state index is 12.3. The number of carbonyl (C=O) groups is 1. The minimum atomic E-state index is -4.51. The first kappa shape index (κ1) is 12.6. The van der Waals surface area contributed by atoms with E-state index in [1.807, 2.05) is 0 Å². The number of aromatic nitrogens is 1. The highest BCUT2D eigenvalue weighted by molar-refractivity contribution is 6.29. The van der Waals surface area contributed by atoms with Gasteiger partial charge in [-0.3, -0.25) is 15.6 Å². The first-order valence-corrected chi connectivity index (χ1v) is 4.44. The molecule has 0 bridgehead atoms. The van der Waals surface area contributed by atoms with Crippen LogP contribution in [0.25, 0.3) is 0 Å². The Balaban J connectivity index is 2.94. The number of carbonyl (C=O) groups excluding carboxylic acids is 1. The van der Waals surface area contributed by atoms with E-state index in [9.17, 15) is 18.0 Å². The van der Waals surface area contributed by atoms with E-state index in [2.05, 4.69) is 15.8 Å². The largest absolute Gasteiger partial charge is 0.416 e. The molecule has 0 radical (unpaired) electrons. The summed E-state index contributed by atoms with van der Waals surface area (Å²) in [5.74, 6) is -0.648. The van der Waals surface area contributed by atoms with Crippen LogP contribution in [0.5, 0.6) is 0 Å². The fraction of sp³-hybridized carbons (Fsp3) is 0.250. The van der Waals surface area contributed by atoms with E-state index < -0.39 is 17.6 Å². The van der Waals surface area contributed by atoms with Crippen molar-refractivity contribution < 1.29 is 18.0 Å². The second-order valence-corrected chi connectivity index (χ2v) is 3.25. The number of pyridine rings is 1. The summed E-state index contributed by atoms with van der Waals surface area (Å²) in [6, 6.07) is 1.43. The summed E-state index contributed by atoms with van der Waals surface area (Å²) in [5.41, 5.74) is 3.35. The molecule has 0 aliphatic rings. The molecule has 0 aliphatic heterocycles. The van der Waals surface area contributed by atoms with E-state index in [1.165, 1.54) is 6.92 Å². The molecule has 0 aromatic carbocycles. The SMILES string of the molecule is CC(=O)NNc1cc(C(F)(F)F)cc(Cl)n1. The van der Waals surface area contributed by atoms with Crippen molar-refractivity contribution in [3.05, 3.63) is 22.8 Å². The molecule has 0 unspecified atom stereocenters. The number of hydrazine groups is 1. The normalized spacial score (nSPS) is 11.1. The van der Waals surface area contributed by atoms with E-state index in [0.29, 0.717) is 6.07 Å². The number of halogens is 4. The fourth-order valence-electron chi connectivity index (χ4n) is 0.877. The Morgan fingerprint density at radius 2 is 2.06 bits per heavy atom. The molecule has 0 saturated carbocycles. The van der Waals surface area contributed by atoms with Crippen molar-refractivity contribution in [2.75, 3.05) is 5.43 Å². The van der Waals surface area contributed by atoms with Crippen molar-refractivity contribution in [2.24, 2.45) is 0 Å². The topological polar surface area (TPSA) is 54.0 Å². The van der Waals surface area contributed by atoms with Crippen LogP contribution >= 0.6 is 11.6 Å². The standard InChI is InChI=1S/C8H7ClF3N3O/c1-4(16)14-15-7-3-5(8(10,11)12)2-6(9)13-7/h2-3H,1H3,(H,13,15)(H,14,16). The van der Waals surface area contributed by atoms with Crippen LogP contribution in [-0.2, 0) is 11.0 Å². The third kappa shape index (κ3) is 3.58. The van der Waals surface area contributed by atoms with Gasteiger partial charge in [0.1, 0.15) is 11.0 Å². The molecular weight excluding hydrogens is 247 g/mol. The number of rotatable bonds is 2. The zero-order valence-corrected chi connectivity index (χ0v) is 8.78. The molecule has 88 valence electrons. The lowest BCUT2D eigenvalue weighted by Crippen LogP contribution is -2.27. The van der Waals surface area contributed by atoms with Crippen LogP contribution in [-0.4, -0.2) is 10.9 Å². The monoisotopic (exact) mass is 253 g/mol. The molecule has 0 aliphatic carbocycles. The molecule has 0 fully saturated rings. The Hall–Kier alpha value is -1.50. The van der Waals surface area contributed by atoms with Gasteiger partial charge in [0.2, 0.25) is 5.91 Å². The maximum atomic E-state index is 12.3. The smallest absolute Gasteiger partial charge is 0.282 e. The summed E-state index contributed by atoms with van der Waals surface area (Å²) in [6.07, 6.45) is -4.51. The first-order valence-electron chi connectivity index (χ1n) is 4.06. The lowest BCUT2D eigenvalue weighted by molar-refractivity contribution is -0.137. The summed E-state index contributed by atoms with van der Waals surface area (Å²) in [4.78, 5) is 14.1. The van der Waals surface area contributed by atoms with Gasteiger partial charge in [-0.25, -0.2) is 4.98 Å². The van der Waals surface area contributed by atoms with Gasteiger partial charge >= 0.3 is 6.18 Å². The molecule has 1 rings (SSSR count). The van der Waals surface area contributed by atoms with Crippen LogP contribution in [0, 0.1) is 0 Å². The predicted molar refractivity (Wildman–Crippen MR) is 51.7 cm³/mol. The third-order valence-electron chi connectivity index (χ3n) is 1.49. The fourth-order valence-corrected chi connectivity index (χ4v) is 1.09. The number of nitrogens with zero attached hydrogens (tertiary/aromatic N) is 1. The van der Waals surface area contributed by atoms with Gasteiger partial charge in [-0.2, -0.15) is 13.2 Å². The van der Waals surface area contributed by atoms with Gasteiger partial charge in [0, 0.05) is 6.92 Å². The maximum Gasteiger partial charge on any atom is 0.416 e. The van der Waals surface area contributed by atoms with Crippen LogP contribution in [0.3, 0.4) is 0 Å². The number of hydrogen-bond acceptors (Lipinski definition) is 3. The summed E-state index contributed by atoms with van der Waals surface area (Å²) in [6.45, 7) is 1.20. The minimum Gasteiger partial charge on any atom is -0.282 e. The summed E-state index contributed by atoms with van der Waals surface area (Å²) in [5, 5.41) is -0.317. The number of nitrogens with one attached hydrogen (secondary N) is 2. The molecule has 1 aromatic heterocycles. The van der Waals surface area contributed by atoms with Gasteiger partial charge in [0.05, 0.1) is 5.56 Å². The van der Waals surface area contributed by atoms with Gasteiger partial charge in [0.15, 0.2) is 0 Å². The highest BCUT2D eigenvalue weighted by atomic mass is 35.5. The molecule has 0 saturated heterocycles. The van der Waals surface area contributed by atoms with Crippen LogP contribution in [0.1, 0.15) is 12.5 Å². The first-order chi connectivity index (χ1) is 7.29. The van der Waals surface area contributed by atoms with Crippen molar-refractivity contribution in [3.8, 4) is 0 Å². The molecule has 2 N–H and O–H groups in total. The summed E-state index contributed by atoms with van der Waals surface area (Å²) in [7, 11) is 0. The van der Waals surface area contributed by atoms with Gasteiger partial charge in [-0.05, 0) is 12.1 Å². The van der Waals surface area contributed by atoms with E-state index in [4.69, 9.17) is 11.6 Å². The highest BCUT2D eigenvalue weighted by Crippen LogP contribution is 2.31. The predicted octanol–water partition coefficient (Wildman–Crippen LogP) is 2.22. The Labute approximate surface area is 93.8 Å². The molecule has 1 heterocycles. The van der Waals surface area contributed by atoms with Crippen molar-refractivity contribution in [3.63, 3.8) is 0 Å². The Morgan fingerprint density at radius 1 is 1.44 bits per heavy atom. The van der Waals surface area contributed by atoms with Gasteiger partial charge < -0.3 is 0 Å². The third-order valence-corrected chi connectivity index (χ3v) is 1.68. The second kappa shape index (κ2) is 4.56. The summed E-state index contributed by atoms with van der Waals surface area (Å²) < 4.78 is 37.0. The average Bonchev–Trinajstić information content (AvgIpc) is 2.12. The van der Waals surface area contributed by atoms with Crippen molar-refractivity contribution in [1.29, 1.82) is 0 Å². The Morgan fingerprint density at radius 3 is 2.56 bits per heavy atom. The van der Waals surface area contributed by atoms with Gasteiger partial charge in [-0.1, -0.05) is 11.6 Å². The van der Waals surface area contributed by atoms with Crippen LogP contribution in [0.4, 0.5) is 19.0 Å². The zero-order valence-electron chi connectivity index (χ0n) is 8.02. The summed E-state index contributed by atoms with van der Waals surface area (Å²) >= 11 is 5.41. The molecule has 1 aromatic rings. The quantitative estimate of drug-likeness (QED) is 0.628. The van der Waals surface area contributed by atoms with Gasteiger partial charge in [0.25, 0.3) is 0 Å². The Kier molecular flexibility index (Phi) is 3.58. The molecule has 0 atom stereocenters. The van der Waals surface area contributed by atoms with E-state index in [0.717, 1.165) is 6.07 Å². The number of amides is 1.